The van der Waals surface area contributed by atoms with Gasteiger partial charge >= 0.3 is 17.6 Å². The Hall–Kier alpha value is -3.09. The molecule has 2 heterocycles. The van der Waals surface area contributed by atoms with Gasteiger partial charge in [0.05, 0.1) is 5.56 Å². The summed E-state index contributed by atoms with van der Waals surface area (Å²) >= 11 is 0. The molecule has 0 radical (unpaired) electrons. The lowest BCUT2D eigenvalue weighted by Crippen LogP contribution is -2.52. The third kappa shape index (κ3) is 3.90. The molecule has 1 aromatic carbocycles. The van der Waals surface area contributed by atoms with Crippen LogP contribution >= 0.6 is 0 Å². The highest BCUT2D eigenvalue weighted by atomic mass is 16.6. The Labute approximate surface area is 168 Å². The van der Waals surface area contributed by atoms with Crippen molar-refractivity contribution in [3.63, 3.8) is 0 Å². The number of allylic oxidation sites excluding steroid dienone is 1. The van der Waals surface area contributed by atoms with E-state index in [0.29, 0.717) is 22.3 Å². The molecule has 0 aliphatic carbocycles. The van der Waals surface area contributed by atoms with Gasteiger partial charge < -0.3 is 18.6 Å². The van der Waals surface area contributed by atoms with Crippen LogP contribution in [0, 0.1) is 0 Å². The van der Waals surface area contributed by atoms with E-state index in [1.54, 1.807) is 58.9 Å². The van der Waals surface area contributed by atoms with Crippen LogP contribution in [-0.2, 0) is 19.1 Å². The molecular weight excluding hydrogens is 376 g/mol. The van der Waals surface area contributed by atoms with Crippen LogP contribution in [0.2, 0.25) is 0 Å². The van der Waals surface area contributed by atoms with E-state index >= 15 is 0 Å². The lowest BCUT2D eigenvalue weighted by atomic mass is 9.87. The molecule has 0 bridgehead atoms. The highest BCUT2D eigenvalue weighted by Gasteiger charge is 2.50. The lowest BCUT2D eigenvalue weighted by Gasteiger charge is -2.43. The minimum absolute atomic E-state index is 0.135. The molecule has 0 saturated heterocycles. The standard InChI is InChI=1S/C22H24O7/c1-6-12(3)21(25)28-20-19(26-15(23)7-2)17-14(29-22(20,4)5)10-8-13-9-11-16(24)27-18(13)17/h6,8-11,19-20H,7H2,1-5H3/b12-6-/t19-,20-/m0/s1. The van der Waals surface area contributed by atoms with Gasteiger partial charge in [0.15, 0.2) is 12.2 Å². The molecule has 1 aliphatic heterocycles. The molecule has 0 N–H and O–H groups in total. The fraction of sp³-hybridized carbons (Fsp3) is 0.409. The Balaban J connectivity index is 2.21. The van der Waals surface area contributed by atoms with Crippen LogP contribution in [0.4, 0.5) is 0 Å². The van der Waals surface area contributed by atoms with E-state index in [1.165, 1.54) is 6.07 Å². The first-order valence-corrected chi connectivity index (χ1v) is 9.47. The topological polar surface area (TPSA) is 92.0 Å². The van der Waals surface area contributed by atoms with Gasteiger partial charge in [-0.05, 0) is 45.9 Å². The van der Waals surface area contributed by atoms with Crippen molar-refractivity contribution in [2.45, 2.75) is 58.8 Å². The Kier molecular flexibility index (Phi) is 5.50. The Morgan fingerprint density at radius 1 is 1.17 bits per heavy atom. The van der Waals surface area contributed by atoms with Crippen molar-refractivity contribution < 1.29 is 28.2 Å². The van der Waals surface area contributed by atoms with Gasteiger partial charge in [0.25, 0.3) is 0 Å². The fourth-order valence-corrected chi connectivity index (χ4v) is 3.23. The number of carbonyl (C=O) groups excluding carboxylic acids is 2. The molecule has 0 saturated carbocycles. The van der Waals surface area contributed by atoms with Crippen molar-refractivity contribution in [2.24, 2.45) is 0 Å². The molecular formula is C22H24O7. The van der Waals surface area contributed by atoms with Crippen molar-refractivity contribution in [3.05, 3.63) is 51.9 Å². The van der Waals surface area contributed by atoms with Gasteiger partial charge in [-0.3, -0.25) is 4.79 Å². The van der Waals surface area contributed by atoms with Crippen LogP contribution in [-0.4, -0.2) is 23.6 Å². The molecule has 7 nitrogen and oxygen atoms in total. The first-order valence-electron chi connectivity index (χ1n) is 9.47. The third-order valence-electron chi connectivity index (χ3n) is 4.94. The van der Waals surface area contributed by atoms with Gasteiger partial charge in [-0.15, -0.1) is 0 Å². The molecule has 3 rings (SSSR count). The van der Waals surface area contributed by atoms with E-state index in [2.05, 4.69) is 0 Å². The van der Waals surface area contributed by atoms with Crippen LogP contribution in [0.25, 0.3) is 11.0 Å². The predicted molar refractivity (Wildman–Crippen MR) is 106 cm³/mol. The number of rotatable bonds is 4. The van der Waals surface area contributed by atoms with Crippen LogP contribution in [0.1, 0.15) is 52.7 Å². The van der Waals surface area contributed by atoms with Crippen LogP contribution < -0.4 is 10.4 Å². The number of hydrogen-bond donors (Lipinski definition) is 0. The van der Waals surface area contributed by atoms with Crippen LogP contribution in [0.3, 0.4) is 0 Å². The summed E-state index contributed by atoms with van der Waals surface area (Å²) in [6.07, 6.45) is -0.182. The van der Waals surface area contributed by atoms with E-state index in [1.807, 2.05) is 0 Å². The number of fused-ring (bicyclic) bond motifs is 3. The predicted octanol–water partition coefficient (Wildman–Crippen LogP) is 3.84. The van der Waals surface area contributed by atoms with Crippen molar-refractivity contribution in [1.29, 1.82) is 0 Å². The van der Waals surface area contributed by atoms with Gasteiger partial charge in [-0.1, -0.05) is 13.0 Å². The first-order chi connectivity index (χ1) is 13.7. The number of benzene rings is 1. The highest BCUT2D eigenvalue weighted by Crippen LogP contribution is 2.46. The SMILES string of the molecule is C/C=C(/C)C(=O)O[C@H]1[C@@H](OC(=O)CC)c2c(ccc3ccc(=O)oc23)OC1(C)C. The molecule has 7 heteroatoms. The van der Waals surface area contributed by atoms with Crippen molar-refractivity contribution in [2.75, 3.05) is 0 Å². The van der Waals surface area contributed by atoms with Gasteiger partial charge in [-0.2, -0.15) is 0 Å². The van der Waals surface area contributed by atoms with Gasteiger partial charge in [0.1, 0.15) is 16.9 Å². The Morgan fingerprint density at radius 2 is 1.86 bits per heavy atom. The number of hydrogen-bond acceptors (Lipinski definition) is 7. The molecule has 1 aromatic heterocycles. The minimum Gasteiger partial charge on any atom is -0.483 e. The van der Waals surface area contributed by atoms with Crippen molar-refractivity contribution in [3.8, 4) is 5.75 Å². The summed E-state index contributed by atoms with van der Waals surface area (Å²) in [7, 11) is 0. The maximum atomic E-state index is 12.5. The van der Waals surface area contributed by atoms with Crippen LogP contribution in [0.5, 0.6) is 5.75 Å². The quantitative estimate of drug-likeness (QED) is 0.437. The van der Waals surface area contributed by atoms with E-state index in [4.69, 9.17) is 18.6 Å². The molecule has 2 atom stereocenters. The summed E-state index contributed by atoms with van der Waals surface area (Å²) < 4.78 is 22.9. The minimum atomic E-state index is -1.00. The van der Waals surface area contributed by atoms with Gasteiger partial charge in [-0.25, -0.2) is 9.59 Å². The molecule has 1 aliphatic rings. The average molecular weight is 400 g/mol. The van der Waals surface area contributed by atoms with Gasteiger partial charge in [0, 0.05) is 23.4 Å². The van der Waals surface area contributed by atoms with E-state index in [9.17, 15) is 14.4 Å². The van der Waals surface area contributed by atoms with Crippen molar-refractivity contribution >= 4 is 22.9 Å². The summed E-state index contributed by atoms with van der Waals surface area (Å²) in [5, 5.41) is 0.638. The maximum absolute atomic E-state index is 12.5. The summed E-state index contributed by atoms with van der Waals surface area (Å²) in [5.74, 6) is -0.615. The molecule has 29 heavy (non-hydrogen) atoms. The third-order valence-corrected chi connectivity index (χ3v) is 4.94. The average Bonchev–Trinajstić information content (AvgIpc) is 2.68. The lowest BCUT2D eigenvalue weighted by molar-refractivity contribution is -0.187. The number of ether oxygens (including phenoxy) is 3. The van der Waals surface area contributed by atoms with Crippen LogP contribution in [0.15, 0.2) is 45.1 Å². The zero-order valence-electron chi connectivity index (χ0n) is 17.1. The largest absolute Gasteiger partial charge is 0.483 e. The highest BCUT2D eigenvalue weighted by molar-refractivity contribution is 5.88. The normalized spacial score (nSPS) is 20.5. The second kappa shape index (κ2) is 7.73. The molecule has 0 unspecified atom stereocenters. The number of esters is 2. The molecule has 154 valence electrons. The Morgan fingerprint density at radius 3 is 2.52 bits per heavy atom. The number of carbonyl (C=O) groups is 2. The first kappa shape index (κ1) is 20.6. The fourth-order valence-electron chi connectivity index (χ4n) is 3.23. The monoisotopic (exact) mass is 400 g/mol. The second-order valence-corrected chi connectivity index (χ2v) is 7.42. The zero-order chi connectivity index (χ0) is 21.3. The maximum Gasteiger partial charge on any atom is 0.336 e. The van der Waals surface area contributed by atoms with E-state index in [-0.39, 0.29) is 12.0 Å². The summed E-state index contributed by atoms with van der Waals surface area (Å²) in [5.41, 5.74) is -0.523. The summed E-state index contributed by atoms with van der Waals surface area (Å²) in [6.45, 7) is 8.52. The Bertz CT molecular complexity index is 1040. The van der Waals surface area contributed by atoms with E-state index in [0.717, 1.165) is 0 Å². The molecule has 0 fully saturated rings. The smallest absolute Gasteiger partial charge is 0.336 e. The second-order valence-electron chi connectivity index (χ2n) is 7.42. The molecule has 0 amide bonds. The summed E-state index contributed by atoms with van der Waals surface area (Å²) in [4.78, 5) is 36.6. The summed E-state index contributed by atoms with van der Waals surface area (Å²) in [6, 6.07) is 6.40. The van der Waals surface area contributed by atoms with Crippen molar-refractivity contribution in [1.82, 2.24) is 0 Å². The zero-order valence-corrected chi connectivity index (χ0v) is 17.1. The molecule has 2 aromatic rings. The molecule has 0 spiro atoms. The van der Waals surface area contributed by atoms with E-state index < -0.39 is 35.4 Å². The van der Waals surface area contributed by atoms with Gasteiger partial charge in [0.2, 0.25) is 0 Å².